The maximum Gasteiger partial charge on any atom is 0.367 e. The monoisotopic (exact) mass is 284 g/mol. The summed E-state index contributed by atoms with van der Waals surface area (Å²) < 4.78 is 4.86. The number of carbonyl (C=O) groups is 2. The van der Waals surface area contributed by atoms with Crippen LogP contribution in [0.5, 0.6) is 0 Å². The molecule has 0 saturated heterocycles. The van der Waals surface area contributed by atoms with Crippen LogP contribution in [0.3, 0.4) is 0 Å². The van der Waals surface area contributed by atoms with Gasteiger partial charge in [0.15, 0.2) is 0 Å². The molecule has 0 aliphatic rings. The number of carbonyl (C=O) groups excluding carboxylic acids is 2. The molecule has 0 N–H and O–H groups in total. The van der Waals surface area contributed by atoms with E-state index in [0.717, 1.165) is 30.7 Å². The van der Waals surface area contributed by atoms with Gasteiger partial charge in [0.05, 0.1) is 6.61 Å². The Balaban J connectivity index is 2.73. The number of unbranched alkanes of at least 4 members (excludes halogenated alkanes) is 1. The zero-order valence-electron chi connectivity index (χ0n) is 11.6. The number of esters is 1. The Kier molecular flexibility index (Phi) is 6.49. The van der Waals surface area contributed by atoms with Crippen molar-refractivity contribution in [3.05, 3.63) is 16.1 Å². The summed E-state index contributed by atoms with van der Waals surface area (Å²) >= 11 is 1.14. The lowest BCUT2D eigenvalue weighted by atomic mass is 10.3. The molecule has 1 aromatic rings. The summed E-state index contributed by atoms with van der Waals surface area (Å²) in [5.41, 5.74) is 0.325. The van der Waals surface area contributed by atoms with Gasteiger partial charge in [-0.15, -0.1) is 11.3 Å². The predicted octanol–water partition coefficient (Wildman–Crippen LogP) is 2.58. The van der Waals surface area contributed by atoms with E-state index in [1.807, 2.05) is 6.92 Å². The van der Waals surface area contributed by atoms with E-state index in [9.17, 15) is 9.59 Å². The van der Waals surface area contributed by atoms with Crippen molar-refractivity contribution in [3.63, 3.8) is 0 Å². The molecule has 0 bridgehead atoms. The molecule has 0 radical (unpaired) electrons. The van der Waals surface area contributed by atoms with Crippen molar-refractivity contribution in [1.29, 1.82) is 0 Å². The lowest BCUT2D eigenvalue weighted by Crippen LogP contribution is -2.32. The Bertz CT molecular complexity index is 431. The van der Waals surface area contributed by atoms with Gasteiger partial charge in [0, 0.05) is 18.5 Å². The van der Waals surface area contributed by atoms with E-state index < -0.39 is 5.97 Å². The quantitative estimate of drug-likeness (QED) is 0.722. The van der Waals surface area contributed by atoms with Gasteiger partial charge in [0.1, 0.15) is 5.69 Å². The average Bonchev–Trinajstić information content (AvgIpc) is 2.89. The highest BCUT2D eigenvalue weighted by Crippen LogP contribution is 2.13. The molecule has 0 aromatic carbocycles. The Hall–Kier alpha value is -1.43. The Labute approximate surface area is 117 Å². The molecule has 0 saturated carbocycles. The number of rotatable bonds is 7. The third-order valence-electron chi connectivity index (χ3n) is 2.62. The zero-order chi connectivity index (χ0) is 14.3. The first-order valence-electron chi connectivity index (χ1n) is 6.55. The number of ether oxygens (including phenoxy) is 1. The summed E-state index contributed by atoms with van der Waals surface area (Å²) in [5.74, 6) is -0.592. The molecule has 6 heteroatoms. The van der Waals surface area contributed by atoms with Gasteiger partial charge in [-0.1, -0.05) is 13.3 Å². The first-order chi connectivity index (χ1) is 9.13. The van der Waals surface area contributed by atoms with Crippen molar-refractivity contribution in [2.24, 2.45) is 0 Å². The summed E-state index contributed by atoms with van der Waals surface area (Å²) in [6.07, 6.45) is 2.00. The summed E-state index contributed by atoms with van der Waals surface area (Å²) in [5, 5.41) is 1.85. The van der Waals surface area contributed by atoms with Crippen molar-refractivity contribution in [1.82, 2.24) is 9.88 Å². The highest BCUT2D eigenvalue weighted by molar-refractivity contribution is 7.11. The van der Waals surface area contributed by atoms with Crippen LogP contribution in [0.15, 0.2) is 5.38 Å². The summed E-state index contributed by atoms with van der Waals surface area (Å²) in [6.45, 7) is 7.43. The van der Waals surface area contributed by atoms with Gasteiger partial charge in [-0.3, -0.25) is 4.79 Å². The molecule has 1 aromatic heterocycles. The van der Waals surface area contributed by atoms with Gasteiger partial charge in [0.2, 0.25) is 5.01 Å². The van der Waals surface area contributed by atoms with Gasteiger partial charge in [-0.2, -0.15) is 0 Å². The summed E-state index contributed by atoms with van der Waals surface area (Å²) in [6, 6.07) is 0. The highest BCUT2D eigenvalue weighted by Gasteiger charge is 2.19. The molecule has 0 unspecified atom stereocenters. The topological polar surface area (TPSA) is 59.5 Å². The van der Waals surface area contributed by atoms with E-state index in [1.54, 1.807) is 17.2 Å². The molecular weight excluding hydrogens is 264 g/mol. The fourth-order valence-corrected chi connectivity index (χ4v) is 2.26. The number of hydrogen-bond acceptors (Lipinski definition) is 5. The Morgan fingerprint density at radius 3 is 2.68 bits per heavy atom. The summed E-state index contributed by atoms with van der Waals surface area (Å²) in [4.78, 5) is 29.5. The zero-order valence-corrected chi connectivity index (χ0v) is 12.5. The van der Waals surface area contributed by atoms with Crippen molar-refractivity contribution in [3.8, 4) is 0 Å². The molecular formula is C13H20N2O3S. The number of hydrogen-bond donors (Lipinski definition) is 0. The molecule has 0 aliphatic heterocycles. The largest absolute Gasteiger partial charge is 0.461 e. The number of aromatic nitrogens is 1. The predicted molar refractivity (Wildman–Crippen MR) is 74.6 cm³/mol. The van der Waals surface area contributed by atoms with Crippen LogP contribution in [0.1, 0.15) is 53.9 Å². The maximum absolute atomic E-state index is 12.2. The molecule has 1 amide bonds. The molecule has 1 rings (SSSR count). The number of nitrogens with zero attached hydrogens (tertiary/aromatic N) is 2. The lowest BCUT2D eigenvalue weighted by Gasteiger charge is -2.19. The van der Waals surface area contributed by atoms with Crippen molar-refractivity contribution >= 4 is 23.2 Å². The van der Waals surface area contributed by atoms with E-state index in [2.05, 4.69) is 11.9 Å². The third-order valence-corrected chi connectivity index (χ3v) is 3.45. The van der Waals surface area contributed by atoms with Crippen LogP contribution < -0.4 is 0 Å². The van der Waals surface area contributed by atoms with Crippen molar-refractivity contribution < 1.29 is 14.3 Å². The Morgan fingerprint density at radius 1 is 1.37 bits per heavy atom. The van der Waals surface area contributed by atoms with E-state index >= 15 is 0 Å². The molecule has 0 aliphatic carbocycles. The van der Waals surface area contributed by atoms with Gasteiger partial charge in [-0.25, -0.2) is 9.78 Å². The summed E-state index contributed by atoms with van der Waals surface area (Å²) in [7, 11) is 0. The van der Waals surface area contributed by atoms with Crippen LogP contribution in [0.2, 0.25) is 0 Å². The molecule has 1 heterocycles. The fourth-order valence-electron chi connectivity index (χ4n) is 1.57. The van der Waals surface area contributed by atoms with Crippen LogP contribution in [0.25, 0.3) is 0 Å². The van der Waals surface area contributed by atoms with Gasteiger partial charge >= 0.3 is 5.97 Å². The standard InChI is InChI=1S/C13H20N2O3S/c1-4-7-8-15(5-2)12(16)10-9-19-11(14-10)13(17)18-6-3/h9H,4-8H2,1-3H3. The van der Waals surface area contributed by atoms with E-state index in [1.165, 1.54) is 0 Å². The minimum Gasteiger partial charge on any atom is -0.461 e. The van der Waals surface area contributed by atoms with E-state index in [4.69, 9.17) is 4.74 Å². The van der Waals surface area contributed by atoms with Gasteiger partial charge in [-0.05, 0) is 20.3 Å². The van der Waals surface area contributed by atoms with Crippen molar-refractivity contribution in [2.45, 2.75) is 33.6 Å². The van der Waals surface area contributed by atoms with Crippen LogP contribution >= 0.6 is 11.3 Å². The minimum absolute atomic E-state index is 0.122. The molecule has 106 valence electrons. The smallest absolute Gasteiger partial charge is 0.367 e. The second-order valence-corrected chi connectivity index (χ2v) is 4.85. The number of amides is 1. The van der Waals surface area contributed by atoms with E-state index in [0.29, 0.717) is 18.8 Å². The minimum atomic E-state index is -0.469. The normalized spacial score (nSPS) is 10.3. The second kappa shape index (κ2) is 7.89. The van der Waals surface area contributed by atoms with Gasteiger partial charge < -0.3 is 9.64 Å². The first kappa shape index (κ1) is 15.6. The second-order valence-electron chi connectivity index (χ2n) is 4.00. The molecule has 0 atom stereocenters. The fraction of sp³-hybridized carbons (Fsp3) is 0.615. The third kappa shape index (κ3) is 4.31. The van der Waals surface area contributed by atoms with Crippen LogP contribution in [-0.2, 0) is 4.74 Å². The highest BCUT2D eigenvalue weighted by atomic mass is 32.1. The van der Waals surface area contributed by atoms with Gasteiger partial charge in [0.25, 0.3) is 5.91 Å². The maximum atomic E-state index is 12.2. The lowest BCUT2D eigenvalue weighted by molar-refractivity contribution is 0.0526. The molecule has 0 fully saturated rings. The SMILES string of the molecule is CCCCN(CC)C(=O)c1csc(C(=O)OCC)n1. The number of thiazole rings is 1. The first-order valence-corrected chi connectivity index (χ1v) is 7.43. The van der Waals surface area contributed by atoms with Crippen LogP contribution in [0, 0.1) is 0 Å². The molecule has 0 spiro atoms. The van der Waals surface area contributed by atoms with Crippen LogP contribution in [0.4, 0.5) is 0 Å². The van der Waals surface area contributed by atoms with Crippen LogP contribution in [-0.4, -0.2) is 41.5 Å². The van der Waals surface area contributed by atoms with Crippen molar-refractivity contribution in [2.75, 3.05) is 19.7 Å². The Morgan fingerprint density at radius 2 is 2.11 bits per heavy atom. The molecule has 5 nitrogen and oxygen atoms in total. The van der Waals surface area contributed by atoms with E-state index in [-0.39, 0.29) is 10.9 Å². The molecule has 19 heavy (non-hydrogen) atoms. The average molecular weight is 284 g/mol.